The number of ether oxygens (including phenoxy) is 1. The Kier molecular flexibility index (Phi) is 6.92. The molecule has 0 spiro atoms. The summed E-state index contributed by atoms with van der Waals surface area (Å²) in [6.07, 6.45) is 1.39. The number of hydrogen-bond acceptors (Lipinski definition) is 5. The van der Waals surface area contributed by atoms with Gasteiger partial charge in [-0.25, -0.2) is 21.6 Å². The Hall–Kier alpha value is -2.40. The number of hydrogen-bond donors (Lipinski definition) is 2. The highest BCUT2D eigenvalue weighted by Gasteiger charge is 2.24. The Balaban J connectivity index is 2.63. The van der Waals surface area contributed by atoms with Crippen LogP contribution < -0.4 is 10.0 Å². The van der Waals surface area contributed by atoms with Crippen molar-refractivity contribution in [3.05, 3.63) is 42.2 Å². The molecule has 11 heteroatoms. The van der Waals surface area contributed by atoms with Gasteiger partial charge >= 0.3 is 5.97 Å². The molecule has 24 heavy (non-hydrogen) atoms. The fraction of sp³-hybridized carbons (Fsp3) is 0.231. The molecule has 1 aromatic rings. The summed E-state index contributed by atoms with van der Waals surface area (Å²) in [4.78, 5) is 21.3. The molecule has 0 unspecified atom stereocenters. The summed E-state index contributed by atoms with van der Waals surface area (Å²) >= 11 is 0. The summed E-state index contributed by atoms with van der Waals surface area (Å²) in [6.45, 7) is 1.91. The molecule has 0 atom stereocenters. The van der Waals surface area contributed by atoms with E-state index in [0.29, 0.717) is 12.1 Å². The standard InChI is InChI=1S/C13H13F3N2O5S/c1-2-5-17-10(19)7-23-11(20)6-18-24(21,22)9-4-3-8(14)12(15)13(9)16/h2-4,18H,1,5-7H2,(H,17,19). The molecule has 2 N–H and O–H groups in total. The quantitative estimate of drug-likeness (QED) is 0.390. The molecule has 1 aromatic carbocycles. The van der Waals surface area contributed by atoms with Crippen molar-refractivity contribution in [3.63, 3.8) is 0 Å². The van der Waals surface area contributed by atoms with Crippen LogP contribution in [0.5, 0.6) is 0 Å². The van der Waals surface area contributed by atoms with Crippen LogP contribution in [0.2, 0.25) is 0 Å². The first-order valence-corrected chi connectivity index (χ1v) is 7.83. The van der Waals surface area contributed by atoms with E-state index >= 15 is 0 Å². The molecule has 0 heterocycles. The van der Waals surface area contributed by atoms with Crippen molar-refractivity contribution in [1.82, 2.24) is 10.0 Å². The van der Waals surface area contributed by atoms with Gasteiger partial charge < -0.3 is 10.1 Å². The van der Waals surface area contributed by atoms with Crippen molar-refractivity contribution < 1.29 is 35.9 Å². The smallest absolute Gasteiger partial charge is 0.321 e. The van der Waals surface area contributed by atoms with E-state index < -0.39 is 57.4 Å². The molecule has 0 aliphatic heterocycles. The van der Waals surface area contributed by atoms with Crippen LogP contribution in [0.4, 0.5) is 13.2 Å². The summed E-state index contributed by atoms with van der Waals surface area (Å²) < 4.78 is 68.9. The van der Waals surface area contributed by atoms with Crippen LogP contribution in [0, 0.1) is 17.5 Å². The molecule has 0 radical (unpaired) electrons. The van der Waals surface area contributed by atoms with Crippen molar-refractivity contribution in [2.75, 3.05) is 19.7 Å². The number of sulfonamides is 1. The van der Waals surface area contributed by atoms with Crippen molar-refractivity contribution in [2.45, 2.75) is 4.90 Å². The number of benzene rings is 1. The molecule has 0 aliphatic carbocycles. The normalized spacial score (nSPS) is 11.0. The lowest BCUT2D eigenvalue weighted by atomic mass is 10.3. The summed E-state index contributed by atoms with van der Waals surface area (Å²) in [7, 11) is -4.62. The predicted octanol–water partition coefficient (Wildman–Crippen LogP) is 0.228. The Bertz CT molecular complexity index is 752. The van der Waals surface area contributed by atoms with Gasteiger partial charge in [-0.3, -0.25) is 9.59 Å². The van der Waals surface area contributed by atoms with Crippen LogP contribution in [0.15, 0.2) is 29.7 Å². The second kappa shape index (κ2) is 8.45. The maximum Gasteiger partial charge on any atom is 0.321 e. The van der Waals surface area contributed by atoms with E-state index in [0.717, 1.165) is 0 Å². The highest BCUT2D eigenvalue weighted by molar-refractivity contribution is 7.89. The van der Waals surface area contributed by atoms with Gasteiger partial charge in [-0.15, -0.1) is 6.58 Å². The van der Waals surface area contributed by atoms with Crippen LogP contribution in [0.1, 0.15) is 0 Å². The number of amides is 1. The van der Waals surface area contributed by atoms with Crippen LogP contribution in [-0.4, -0.2) is 40.0 Å². The van der Waals surface area contributed by atoms with E-state index in [-0.39, 0.29) is 6.54 Å². The fourth-order valence-corrected chi connectivity index (χ4v) is 2.42. The van der Waals surface area contributed by atoms with Crippen LogP contribution in [-0.2, 0) is 24.3 Å². The molecular weight excluding hydrogens is 353 g/mol. The largest absolute Gasteiger partial charge is 0.455 e. The number of halogens is 3. The Morgan fingerprint density at radius 1 is 1.21 bits per heavy atom. The van der Waals surface area contributed by atoms with Crippen molar-refractivity contribution >= 4 is 21.9 Å². The summed E-state index contributed by atoms with van der Waals surface area (Å²) in [5, 5.41) is 2.31. The minimum absolute atomic E-state index is 0.151. The first kappa shape index (κ1) is 19.6. The lowest BCUT2D eigenvalue weighted by molar-refractivity contribution is -0.147. The minimum Gasteiger partial charge on any atom is -0.455 e. The van der Waals surface area contributed by atoms with Gasteiger partial charge in [0, 0.05) is 6.54 Å². The zero-order valence-corrected chi connectivity index (χ0v) is 13.0. The van der Waals surface area contributed by atoms with Crippen LogP contribution >= 0.6 is 0 Å². The summed E-state index contributed by atoms with van der Waals surface area (Å²) in [5.41, 5.74) is 0. The topological polar surface area (TPSA) is 102 Å². The first-order valence-electron chi connectivity index (χ1n) is 6.35. The summed E-state index contributed by atoms with van der Waals surface area (Å²) in [6, 6.07) is 0.930. The zero-order valence-electron chi connectivity index (χ0n) is 12.1. The van der Waals surface area contributed by atoms with E-state index in [1.807, 2.05) is 0 Å². The average Bonchev–Trinajstić information content (AvgIpc) is 2.53. The molecule has 1 amide bonds. The van der Waals surface area contributed by atoms with E-state index in [9.17, 15) is 31.2 Å². The van der Waals surface area contributed by atoms with Gasteiger partial charge in [0.05, 0.1) is 0 Å². The van der Waals surface area contributed by atoms with E-state index in [2.05, 4.69) is 16.6 Å². The predicted molar refractivity (Wildman–Crippen MR) is 75.7 cm³/mol. The molecule has 132 valence electrons. The number of rotatable bonds is 8. The number of esters is 1. The van der Waals surface area contributed by atoms with Gasteiger partial charge in [0.2, 0.25) is 10.0 Å². The Morgan fingerprint density at radius 2 is 1.88 bits per heavy atom. The van der Waals surface area contributed by atoms with Gasteiger partial charge in [-0.2, -0.15) is 4.72 Å². The lowest BCUT2D eigenvalue weighted by Gasteiger charge is -2.08. The molecule has 7 nitrogen and oxygen atoms in total. The highest BCUT2D eigenvalue weighted by atomic mass is 32.2. The van der Waals surface area contributed by atoms with Crippen molar-refractivity contribution in [3.8, 4) is 0 Å². The fourth-order valence-electron chi connectivity index (χ4n) is 1.38. The molecular formula is C13H13F3N2O5S. The second-order valence-electron chi connectivity index (χ2n) is 4.25. The van der Waals surface area contributed by atoms with Gasteiger partial charge in [-0.05, 0) is 12.1 Å². The lowest BCUT2D eigenvalue weighted by Crippen LogP contribution is -2.34. The monoisotopic (exact) mass is 366 g/mol. The third-order valence-corrected chi connectivity index (χ3v) is 3.92. The van der Waals surface area contributed by atoms with Crippen LogP contribution in [0.25, 0.3) is 0 Å². The van der Waals surface area contributed by atoms with E-state index in [1.54, 1.807) is 4.72 Å². The molecule has 0 saturated carbocycles. The SMILES string of the molecule is C=CCNC(=O)COC(=O)CNS(=O)(=O)c1ccc(F)c(F)c1F. The molecule has 0 bridgehead atoms. The van der Waals surface area contributed by atoms with Crippen molar-refractivity contribution in [2.24, 2.45) is 0 Å². The van der Waals surface area contributed by atoms with Gasteiger partial charge in [0.1, 0.15) is 11.4 Å². The van der Waals surface area contributed by atoms with Gasteiger partial charge in [-0.1, -0.05) is 6.08 Å². The molecule has 0 aromatic heterocycles. The maximum absolute atomic E-state index is 13.4. The average molecular weight is 366 g/mol. The molecule has 0 aliphatic rings. The third-order valence-electron chi connectivity index (χ3n) is 2.50. The number of carbonyl (C=O) groups is 2. The molecule has 0 fully saturated rings. The zero-order chi connectivity index (χ0) is 18.3. The minimum atomic E-state index is -4.62. The van der Waals surface area contributed by atoms with Gasteiger partial charge in [0.15, 0.2) is 24.1 Å². The number of carbonyl (C=O) groups excluding carboxylic acids is 2. The van der Waals surface area contributed by atoms with Crippen molar-refractivity contribution in [1.29, 1.82) is 0 Å². The molecule has 0 saturated heterocycles. The Morgan fingerprint density at radius 3 is 2.50 bits per heavy atom. The van der Waals surface area contributed by atoms with E-state index in [4.69, 9.17) is 0 Å². The Labute approximate surface area is 135 Å². The summed E-state index contributed by atoms with van der Waals surface area (Å²) in [5.74, 6) is -7.21. The maximum atomic E-state index is 13.4. The third kappa shape index (κ3) is 5.35. The first-order chi connectivity index (χ1) is 11.2. The number of nitrogens with one attached hydrogen (secondary N) is 2. The second-order valence-corrected chi connectivity index (χ2v) is 5.99. The molecule has 1 rings (SSSR count). The van der Waals surface area contributed by atoms with E-state index in [1.165, 1.54) is 6.08 Å². The highest BCUT2D eigenvalue weighted by Crippen LogP contribution is 2.19. The van der Waals surface area contributed by atoms with Gasteiger partial charge in [0.25, 0.3) is 5.91 Å². The van der Waals surface area contributed by atoms with Crippen LogP contribution in [0.3, 0.4) is 0 Å².